The van der Waals surface area contributed by atoms with Crippen molar-refractivity contribution in [3.8, 4) is 6.07 Å². The summed E-state index contributed by atoms with van der Waals surface area (Å²) in [6.07, 6.45) is 0. The number of nitrogens with one attached hydrogen (secondary N) is 1. The van der Waals surface area contributed by atoms with E-state index in [0.29, 0.717) is 6.07 Å². The van der Waals surface area contributed by atoms with Crippen molar-refractivity contribution < 1.29 is 13.7 Å². The molecule has 0 aliphatic rings. The van der Waals surface area contributed by atoms with E-state index in [-0.39, 0.29) is 22.6 Å². The van der Waals surface area contributed by atoms with Gasteiger partial charge in [0.25, 0.3) is 5.69 Å². The smallest absolute Gasteiger partial charge is 0.289 e. The molecular formula is C13H7F2N3O2. The van der Waals surface area contributed by atoms with Crippen LogP contribution in [0.25, 0.3) is 0 Å². The Morgan fingerprint density at radius 1 is 1.20 bits per heavy atom. The van der Waals surface area contributed by atoms with Gasteiger partial charge in [-0.1, -0.05) is 0 Å². The van der Waals surface area contributed by atoms with Gasteiger partial charge in [-0.25, -0.2) is 8.78 Å². The third-order valence-electron chi connectivity index (χ3n) is 2.53. The molecule has 5 nitrogen and oxygen atoms in total. The number of rotatable bonds is 3. The summed E-state index contributed by atoms with van der Waals surface area (Å²) in [4.78, 5) is 10.1. The van der Waals surface area contributed by atoms with Crippen molar-refractivity contribution in [1.29, 1.82) is 5.26 Å². The van der Waals surface area contributed by atoms with E-state index in [2.05, 4.69) is 5.32 Å². The molecular weight excluding hydrogens is 268 g/mol. The Hall–Kier alpha value is -3.01. The molecule has 0 aliphatic heterocycles. The number of nitrogens with zero attached hydrogens (tertiary/aromatic N) is 2. The van der Waals surface area contributed by atoms with Crippen molar-refractivity contribution in [3.63, 3.8) is 0 Å². The number of nitriles is 1. The van der Waals surface area contributed by atoms with Gasteiger partial charge in [0.2, 0.25) is 0 Å². The van der Waals surface area contributed by atoms with Crippen molar-refractivity contribution >= 4 is 17.1 Å². The van der Waals surface area contributed by atoms with E-state index in [1.165, 1.54) is 18.2 Å². The minimum Gasteiger partial charge on any atom is -0.353 e. The van der Waals surface area contributed by atoms with Gasteiger partial charge in [-0.2, -0.15) is 5.26 Å². The second-order valence-corrected chi connectivity index (χ2v) is 3.85. The van der Waals surface area contributed by atoms with Crippen LogP contribution >= 0.6 is 0 Å². The van der Waals surface area contributed by atoms with Crippen molar-refractivity contribution in [2.75, 3.05) is 5.32 Å². The maximum absolute atomic E-state index is 13.5. The zero-order valence-corrected chi connectivity index (χ0v) is 9.93. The van der Waals surface area contributed by atoms with Crippen molar-refractivity contribution in [2.24, 2.45) is 0 Å². The lowest BCUT2D eigenvalue weighted by molar-refractivity contribution is -0.385. The lowest BCUT2D eigenvalue weighted by Crippen LogP contribution is -1.97. The molecule has 100 valence electrons. The number of anilines is 2. The Labute approximate surface area is 112 Å². The molecule has 0 saturated carbocycles. The lowest BCUT2D eigenvalue weighted by Gasteiger charge is -2.07. The van der Waals surface area contributed by atoms with Gasteiger partial charge in [0.05, 0.1) is 10.6 Å². The first-order chi connectivity index (χ1) is 9.51. The molecule has 0 amide bonds. The monoisotopic (exact) mass is 275 g/mol. The fourth-order valence-electron chi connectivity index (χ4n) is 1.60. The van der Waals surface area contributed by atoms with Crippen LogP contribution in [-0.4, -0.2) is 4.92 Å². The molecule has 0 aromatic heterocycles. The van der Waals surface area contributed by atoms with Crippen LogP contribution in [0.15, 0.2) is 36.4 Å². The largest absolute Gasteiger partial charge is 0.353 e. The van der Waals surface area contributed by atoms with Crippen LogP contribution in [0, 0.1) is 33.1 Å². The molecule has 1 N–H and O–H groups in total. The number of benzene rings is 2. The second kappa shape index (κ2) is 5.32. The van der Waals surface area contributed by atoms with Gasteiger partial charge in [-0.05, 0) is 24.3 Å². The van der Waals surface area contributed by atoms with Gasteiger partial charge < -0.3 is 5.32 Å². The summed E-state index contributed by atoms with van der Waals surface area (Å²) >= 11 is 0. The highest BCUT2D eigenvalue weighted by Crippen LogP contribution is 2.26. The third kappa shape index (κ3) is 2.70. The highest BCUT2D eigenvalue weighted by molar-refractivity contribution is 5.65. The van der Waals surface area contributed by atoms with E-state index in [1.807, 2.05) is 0 Å². The Bertz CT molecular complexity index is 726. The number of hydrogen-bond acceptors (Lipinski definition) is 4. The highest BCUT2D eigenvalue weighted by Gasteiger charge is 2.14. The summed E-state index contributed by atoms with van der Waals surface area (Å²) in [5, 5.41) is 22.1. The molecule has 7 heteroatoms. The summed E-state index contributed by atoms with van der Waals surface area (Å²) in [7, 11) is 0. The highest BCUT2D eigenvalue weighted by atomic mass is 19.1. The average molecular weight is 275 g/mol. The van der Waals surface area contributed by atoms with Crippen LogP contribution in [0.1, 0.15) is 5.56 Å². The predicted molar refractivity (Wildman–Crippen MR) is 67.5 cm³/mol. The molecule has 0 unspecified atom stereocenters. The minimum atomic E-state index is -0.822. The first-order valence-corrected chi connectivity index (χ1v) is 5.42. The van der Waals surface area contributed by atoms with Crippen LogP contribution < -0.4 is 5.32 Å². The Morgan fingerprint density at radius 3 is 2.55 bits per heavy atom. The zero-order chi connectivity index (χ0) is 14.7. The second-order valence-electron chi connectivity index (χ2n) is 3.85. The van der Waals surface area contributed by atoms with Gasteiger partial charge >= 0.3 is 0 Å². The number of halogens is 2. The molecule has 0 radical (unpaired) electrons. The van der Waals surface area contributed by atoms with Gasteiger partial charge in [0.15, 0.2) is 0 Å². The predicted octanol–water partition coefficient (Wildman–Crippen LogP) is 3.49. The summed E-state index contributed by atoms with van der Waals surface area (Å²) in [5.41, 5.74) is -0.285. The molecule has 0 aliphatic carbocycles. The van der Waals surface area contributed by atoms with E-state index in [0.717, 1.165) is 12.1 Å². The standard InChI is InChI=1S/C13H7F2N3O2/c14-9-2-4-12(11(15)5-9)17-10-3-1-8(7-16)13(6-10)18(19)20/h1-6,17H. The summed E-state index contributed by atoms with van der Waals surface area (Å²) in [6, 6.07) is 8.38. The normalized spacial score (nSPS) is 9.85. The van der Waals surface area contributed by atoms with Gasteiger partial charge in [0, 0.05) is 17.8 Å². The first-order valence-electron chi connectivity index (χ1n) is 5.42. The molecule has 0 saturated heterocycles. The average Bonchev–Trinajstić information content (AvgIpc) is 2.41. The number of hydrogen-bond donors (Lipinski definition) is 1. The quantitative estimate of drug-likeness (QED) is 0.687. The molecule has 0 atom stereocenters. The third-order valence-corrected chi connectivity index (χ3v) is 2.53. The van der Waals surface area contributed by atoms with Gasteiger partial charge in [0.1, 0.15) is 23.3 Å². The van der Waals surface area contributed by atoms with Crippen LogP contribution in [0.4, 0.5) is 25.8 Å². The Balaban J connectivity index is 2.37. The fourth-order valence-corrected chi connectivity index (χ4v) is 1.60. The van der Waals surface area contributed by atoms with E-state index in [4.69, 9.17) is 5.26 Å². The molecule has 2 aromatic carbocycles. The van der Waals surface area contributed by atoms with E-state index < -0.39 is 16.6 Å². The maximum Gasteiger partial charge on any atom is 0.289 e. The summed E-state index contributed by atoms with van der Waals surface area (Å²) in [6.45, 7) is 0. The Kier molecular flexibility index (Phi) is 3.57. The lowest BCUT2D eigenvalue weighted by atomic mass is 10.1. The number of nitro groups is 1. The van der Waals surface area contributed by atoms with Crippen molar-refractivity contribution in [3.05, 3.63) is 63.7 Å². The topological polar surface area (TPSA) is 79.0 Å². The van der Waals surface area contributed by atoms with Crippen molar-refractivity contribution in [1.82, 2.24) is 0 Å². The molecule has 0 spiro atoms. The molecule has 0 bridgehead atoms. The summed E-state index contributed by atoms with van der Waals surface area (Å²) < 4.78 is 26.2. The van der Waals surface area contributed by atoms with E-state index in [1.54, 1.807) is 6.07 Å². The molecule has 2 aromatic rings. The fraction of sp³-hybridized carbons (Fsp3) is 0. The van der Waals surface area contributed by atoms with E-state index in [9.17, 15) is 18.9 Å². The van der Waals surface area contributed by atoms with Crippen LogP contribution in [0.2, 0.25) is 0 Å². The van der Waals surface area contributed by atoms with Crippen LogP contribution in [0.5, 0.6) is 0 Å². The molecule has 2 rings (SSSR count). The van der Waals surface area contributed by atoms with Crippen LogP contribution in [0.3, 0.4) is 0 Å². The first kappa shape index (κ1) is 13.4. The molecule has 0 fully saturated rings. The SMILES string of the molecule is N#Cc1ccc(Nc2ccc(F)cc2F)cc1[N+](=O)[O-]. The van der Waals surface area contributed by atoms with Gasteiger partial charge in [-0.3, -0.25) is 10.1 Å². The molecule has 20 heavy (non-hydrogen) atoms. The van der Waals surface area contributed by atoms with E-state index >= 15 is 0 Å². The van der Waals surface area contributed by atoms with Crippen molar-refractivity contribution in [2.45, 2.75) is 0 Å². The summed E-state index contributed by atoms with van der Waals surface area (Å²) in [5.74, 6) is -1.55. The zero-order valence-electron chi connectivity index (χ0n) is 9.93. The number of nitro benzene ring substituents is 1. The molecule has 0 heterocycles. The van der Waals surface area contributed by atoms with Crippen LogP contribution in [-0.2, 0) is 0 Å². The Morgan fingerprint density at radius 2 is 1.95 bits per heavy atom. The minimum absolute atomic E-state index is 0.0228. The van der Waals surface area contributed by atoms with Gasteiger partial charge in [-0.15, -0.1) is 0 Å². The maximum atomic E-state index is 13.5.